The molecule has 29 heavy (non-hydrogen) atoms. The maximum absolute atomic E-state index is 10.9. The Balaban J connectivity index is 1.49. The van der Waals surface area contributed by atoms with Gasteiger partial charge < -0.3 is 19.7 Å². The third-order valence-electron chi connectivity index (χ3n) is 4.89. The van der Waals surface area contributed by atoms with Crippen LogP contribution < -0.4 is 10.1 Å². The number of hydrogen-bond donors (Lipinski definition) is 2. The minimum absolute atomic E-state index is 0.132. The molecular weight excluding hydrogens is 417 g/mol. The first kappa shape index (κ1) is 19.5. The molecule has 3 aromatic rings. The first-order valence-corrected chi connectivity index (χ1v) is 9.67. The summed E-state index contributed by atoms with van der Waals surface area (Å²) in [7, 11) is 1.54. The number of aromatic nitrogens is 2. The van der Waals surface area contributed by atoms with Crippen molar-refractivity contribution in [1.82, 2.24) is 10.1 Å². The Kier molecular flexibility index (Phi) is 5.34. The highest BCUT2D eigenvalue weighted by atomic mass is 35.5. The standard InChI is InChI=1S/C20H17Cl2N3O4/c1-28-17-5-2-10(8-16(17)22)18-24-19(29-25-18)14-4-3-12(9-15(14)21)23-13-6-11(7-13)20(26)27/h2-5,8-9,11,13,23H,6-7H2,1H3,(H,26,27). The largest absolute Gasteiger partial charge is 0.495 e. The maximum Gasteiger partial charge on any atom is 0.306 e. The molecule has 0 radical (unpaired) electrons. The number of ether oxygens (including phenoxy) is 1. The molecule has 0 amide bonds. The molecule has 150 valence electrons. The molecule has 9 heteroatoms. The van der Waals surface area contributed by atoms with Crippen LogP contribution in [0.3, 0.4) is 0 Å². The van der Waals surface area contributed by atoms with Crippen LogP contribution >= 0.6 is 23.2 Å². The van der Waals surface area contributed by atoms with Crippen LogP contribution in [-0.2, 0) is 4.79 Å². The van der Waals surface area contributed by atoms with Crippen molar-refractivity contribution < 1.29 is 19.2 Å². The summed E-state index contributed by atoms with van der Waals surface area (Å²) in [5.41, 5.74) is 2.11. The number of nitrogens with one attached hydrogen (secondary N) is 1. The van der Waals surface area contributed by atoms with Gasteiger partial charge in [0.2, 0.25) is 5.82 Å². The number of methoxy groups -OCH3 is 1. The minimum atomic E-state index is -0.748. The molecule has 7 nitrogen and oxygen atoms in total. The lowest BCUT2D eigenvalue weighted by molar-refractivity contribution is -0.144. The summed E-state index contributed by atoms with van der Waals surface area (Å²) >= 11 is 12.6. The normalized spacial score (nSPS) is 18.2. The van der Waals surface area contributed by atoms with Gasteiger partial charge >= 0.3 is 5.97 Å². The molecule has 0 atom stereocenters. The van der Waals surface area contributed by atoms with Gasteiger partial charge in [0, 0.05) is 17.3 Å². The molecule has 1 aliphatic rings. The molecule has 0 bridgehead atoms. The second-order valence-corrected chi connectivity index (χ2v) is 7.63. The smallest absolute Gasteiger partial charge is 0.306 e. The summed E-state index contributed by atoms with van der Waals surface area (Å²) in [6.07, 6.45) is 1.21. The summed E-state index contributed by atoms with van der Waals surface area (Å²) < 4.78 is 10.5. The van der Waals surface area contributed by atoms with Crippen LogP contribution in [0.5, 0.6) is 5.75 Å². The van der Waals surface area contributed by atoms with Crippen LogP contribution in [0, 0.1) is 5.92 Å². The molecule has 0 spiro atoms. The molecule has 1 saturated carbocycles. The van der Waals surface area contributed by atoms with E-state index >= 15 is 0 Å². The first-order valence-electron chi connectivity index (χ1n) is 8.91. The fourth-order valence-corrected chi connectivity index (χ4v) is 3.73. The predicted octanol–water partition coefficient (Wildman–Crippen LogP) is 4.99. The summed E-state index contributed by atoms with van der Waals surface area (Å²) in [4.78, 5) is 15.3. The number of carboxylic acids is 1. The van der Waals surface area contributed by atoms with Crippen molar-refractivity contribution in [2.75, 3.05) is 12.4 Å². The topological polar surface area (TPSA) is 97.5 Å². The Bertz CT molecular complexity index is 1060. The van der Waals surface area contributed by atoms with Crippen LogP contribution in [0.1, 0.15) is 12.8 Å². The van der Waals surface area contributed by atoms with Crippen LogP contribution in [-0.4, -0.2) is 34.4 Å². The van der Waals surface area contributed by atoms with Gasteiger partial charge in [-0.05, 0) is 49.2 Å². The molecule has 0 saturated heterocycles. The zero-order chi connectivity index (χ0) is 20.5. The lowest BCUT2D eigenvalue weighted by Gasteiger charge is -2.33. The number of anilines is 1. The Morgan fingerprint density at radius 1 is 1.21 bits per heavy atom. The summed E-state index contributed by atoms with van der Waals surface area (Å²) in [5.74, 6) is 0.216. The second-order valence-electron chi connectivity index (χ2n) is 6.81. The molecular formula is C20H17Cl2N3O4. The number of carboxylic acid groups (broad SMARTS) is 1. The SMILES string of the molecule is COc1ccc(-c2noc(-c3ccc(NC4CC(C(=O)O)C4)cc3Cl)n2)cc1Cl. The molecule has 2 aromatic carbocycles. The van der Waals surface area contributed by atoms with Crippen molar-refractivity contribution in [1.29, 1.82) is 0 Å². The maximum atomic E-state index is 10.9. The molecule has 1 fully saturated rings. The zero-order valence-electron chi connectivity index (χ0n) is 15.4. The van der Waals surface area contributed by atoms with Crippen LogP contribution in [0.4, 0.5) is 5.69 Å². The van der Waals surface area contributed by atoms with E-state index in [2.05, 4.69) is 15.5 Å². The van der Waals surface area contributed by atoms with Gasteiger partial charge in [0.1, 0.15) is 5.75 Å². The van der Waals surface area contributed by atoms with E-state index in [1.54, 1.807) is 37.4 Å². The predicted molar refractivity (Wildman–Crippen MR) is 110 cm³/mol. The molecule has 0 aliphatic heterocycles. The third-order valence-corrected chi connectivity index (χ3v) is 5.50. The van der Waals surface area contributed by atoms with Crippen LogP contribution in [0.2, 0.25) is 10.0 Å². The quantitative estimate of drug-likeness (QED) is 0.564. The van der Waals surface area contributed by atoms with E-state index in [-0.39, 0.29) is 17.9 Å². The van der Waals surface area contributed by atoms with E-state index in [1.807, 2.05) is 6.07 Å². The lowest BCUT2D eigenvalue weighted by Crippen LogP contribution is -2.39. The van der Waals surface area contributed by atoms with Gasteiger partial charge in [-0.1, -0.05) is 28.4 Å². The summed E-state index contributed by atoms with van der Waals surface area (Å²) in [5, 5.41) is 17.2. The first-order chi connectivity index (χ1) is 13.9. The summed E-state index contributed by atoms with van der Waals surface area (Å²) in [6, 6.07) is 10.8. The highest BCUT2D eigenvalue weighted by Crippen LogP contribution is 2.35. The van der Waals surface area contributed by atoms with Gasteiger partial charge in [-0.25, -0.2) is 0 Å². The Hall–Kier alpha value is -2.77. The van der Waals surface area contributed by atoms with E-state index in [9.17, 15) is 4.79 Å². The van der Waals surface area contributed by atoms with Crippen molar-refractivity contribution in [2.24, 2.45) is 5.92 Å². The lowest BCUT2D eigenvalue weighted by atomic mass is 9.80. The number of carbonyl (C=O) groups is 1. The number of nitrogens with zero attached hydrogens (tertiary/aromatic N) is 2. The number of halogens is 2. The van der Waals surface area contributed by atoms with E-state index in [0.29, 0.717) is 45.6 Å². The number of benzene rings is 2. The Labute approximate surface area is 176 Å². The molecule has 0 unspecified atom stereocenters. The van der Waals surface area contributed by atoms with Crippen molar-refractivity contribution in [3.8, 4) is 28.6 Å². The van der Waals surface area contributed by atoms with Gasteiger partial charge in [-0.2, -0.15) is 4.98 Å². The van der Waals surface area contributed by atoms with Crippen molar-refractivity contribution in [3.63, 3.8) is 0 Å². The van der Waals surface area contributed by atoms with Gasteiger partial charge in [0.25, 0.3) is 5.89 Å². The number of aliphatic carboxylic acids is 1. The van der Waals surface area contributed by atoms with Gasteiger partial charge in [-0.3, -0.25) is 4.79 Å². The Morgan fingerprint density at radius 3 is 2.66 bits per heavy atom. The fraction of sp³-hybridized carbons (Fsp3) is 0.250. The molecule has 1 heterocycles. The monoisotopic (exact) mass is 433 g/mol. The second kappa shape index (κ2) is 7.93. The fourth-order valence-electron chi connectivity index (χ4n) is 3.21. The van der Waals surface area contributed by atoms with Gasteiger partial charge in [0.05, 0.1) is 28.6 Å². The summed E-state index contributed by atoms with van der Waals surface area (Å²) in [6.45, 7) is 0. The average Bonchev–Trinajstić information content (AvgIpc) is 3.14. The highest BCUT2D eigenvalue weighted by Gasteiger charge is 2.34. The molecule has 1 aliphatic carbocycles. The molecule has 2 N–H and O–H groups in total. The number of hydrogen-bond acceptors (Lipinski definition) is 6. The molecule has 1 aromatic heterocycles. The highest BCUT2D eigenvalue weighted by molar-refractivity contribution is 6.33. The molecule has 4 rings (SSSR count). The van der Waals surface area contributed by atoms with Crippen molar-refractivity contribution in [3.05, 3.63) is 46.4 Å². The Morgan fingerprint density at radius 2 is 2.00 bits per heavy atom. The van der Waals surface area contributed by atoms with Crippen molar-refractivity contribution >= 4 is 34.9 Å². The van der Waals surface area contributed by atoms with Crippen molar-refractivity contribution in [2.45, 2.75) is 18.9 Å². The van der Waals surface area contributed by atoms with Crippen LogP contribution in [0.25, 0.3) is 22.8 Å². The van der Waals surface area contributed by atoms with Gasteiger partial charge in [0.15, 0.2) is 0 Å². The van der Waals surface area contributed by atoms with Gasteiger partial charge in [-0.15, -0.1) is 0 Å². The van der Waals surface area contributed by atoms with E-state index < -0.39 is 5.97 Å². The minimum Gasteiger partial charge on any atom is -0.495 e. The van der Waals surface area contributed by atoms with E-state index in [0.717, 1.165) is 5.69 Å². The van der Waals surface area contributed by atoms with Crippen LogP contribution in [0.15, 0.2) is 40.9 Å². The van der Waals surface area contributed by atoms with E-state index in [1.165, 1.54) is 0 Å². The number of rotatable bonds is 6. The zero-order valence-corrected chi connectivity index (χ0v) is 16.9. The average molecular weight is 434 g/mol. The third kappa shape index (κ3) is 4.02. The van der Waals surface area contributed by atoms with E-state index in [4.69, 9.17) is 37.6 Å².